The number of aryl methyl sites for hydroxylation is 1. The van der Waals surface area contributed by atoms with Crippen molar-refractivity contribution < 1.29 is 0 Å². The first-order valence-electron chi connectivity index (χ1n) is 6.64. The summed E-state index contributed by atoms with van der Waals surface area (Å²) in [5.41, 5.74) is 1.99. The minimum atomic E-state index is 0.519. The highest BCUT2D eigenvalue weighted by Crippen LogP contribution is 2.34. The largest absolute Gasteiger partial charge is 0.227 e. The molecule has 21 heavy (non-hydrogen) atoms. The third-order valence-electron chi connectivity index (χ3n) is 3.53. The monoisotopic (exact) mass is 310 g/mol. The average molecular weight is 311 g/mol. The second kappa shape index (κ2) is 4.79. The molecule has 0 saturated heterocycles. The van der Waals surface area contributed by atoms with Gasteiger partial charge in [-0.25, -0.2) is 9.97 Å². The van der Waals surface area contributed by atoms with Crippen LogP contribution in [0.15, 0.2) is 48.5 Å². The minimum absolute atomic E-state index is 0.519. The second-order valence-electron chi connectivity index (χ2n) is 4.96. The quantitative estimate of drug-likeness (QED) is 0.435. The Labute approximate surface area is 131 Å². The fraction of sp³-hybridized carbons (Fsp3) is 0.0588. The summed E-state index contributed by atoms with van der Waals surface area (Å²) in [6, 6.07) is 16.4. The van der Waals surface area contributed by atoms with Crippen LogP contribution >= 0.6 is 22.9 Å². The molecule has 2 aromatic heterocycles. The van der Waals surface area contributed by atoms with Gasteiger partial charge in [-0.15, -0.1) is 11.3 Å². The van der Waals surface area contributed by atoms with Gasteiger partial charge in [-0.3, -0.25) is 0 Å². The summed E-state index contributed by atoms with van der Waals surface area (Å²) in [6.07, 6.45) is 0. The zero-order valence-electron chi connectivity index (χ0n) is 11.3. The first-order chi connectivity index (χ1) is 10.2. The van der Waals surface area contributed by atoms with Gasteiger partial charge < -0.3 is 0 Å². The van der Waals surface area contributed by atoms with Gasteiger partial charge in [-0.05, 0) is 36.1 Å². The van der Waals surface area contributed by atoms with Crippen molar-refractivity contribution in [3.63, 3.8) is 0 Å². The molecule has 4 heteroatoms. The van der Waals surface area contributed by atoms with Crippen molar-refractivity contribution in [2.45, 2.75) is 6.92 Å². The first kappa shape index (κ1) is 12.7. The molecule has 0 bridgehead atoms. The number of hydrogen-bond acceptors (Lipinski definition) is 3. The number of fused-ring (bicyclic) bond motifs is 2. The highest BCUT2D eigenvalue weighted by Gasteiger charge is 2.11. The molecule has 0 unspecified atom stereocenters. The Morgan fingerprint density at radius 1 is 1.00 bits per heavy atom. The van der Waals surface area contributed by atoms with Crippen LogP contribution in [-0.2, 0) is 0 Å². The number of rotatable bonds is 1. The number of aromatic nitrogens is 2. The van der Waals surface area contributed by atoms with E-state index in [2.05, 4.69) is 28.2 Å². The predicted octanol–water partition coefficient (Wildman–Crippen LogP) is 5.47. The molecule has 0 N–H and O–H groups in total. The van der Waals surface area contributed by atoms with Gasteiger partial charge in [-0.2, -0.15) is 0 Å². The lowest BCUT2D eigenvalue weighted by Crippen LogP contribution is -1.91. The summed E-state index contributed by atoms with van der Waals surface area (Å²) in [5, 5.41) is 2.66. The summed E-state index contributed by atoms with van der Waals surface area (Å²) >= 11 is 8.06. The molecule has 0 aliphatic rings. The van der Waals surface area contributed by atoms with Crippen LogP contribution in [0, 0.1) is 6.92 Å². The van der Waals surface area contributed by atoms with E-state index in [1.54, 1.807) is 11.3 Å². The lowest BCUT2D eigenvalue weighted by atomic mass is 10.1. The van der Waals surface area contributed by atoms with Crippen LogP contribution in [0.1, 0.15) is 5.56 Å². The first-order valence-corrected chi connectivity index (χ1v) is 7.83. The normalized spacial score (nSPS) is 11.3. The Hall–Kier alpha value is -1.97. The van der Waals surface area contributed by atoms with Crippen molar-refractivity contribution in [1.82, 2.24) is 9.97 Å². The van der Waals surface area contributed by atoms with Crippen LogP contribution in [0.2, 0.25) is 5.15 Å². The van der Waals surface area contributed by atoms with Gasteiger partial charge in [0.25, 0.3) is 0 Å². The van der Waals surface area contributed by atoms with Crippen molar-refractivity contribution in [2.75, 3.05) is 0 Å². The maximum Gasteiger partial charge on any atom is 0.171 e. The third kappa shape index (κ3) is 2.09. The molecule has 0 aliphatic heterocycles. The fourth-order valence-electron chi connectivity index (χ4n) is 2.50. The fourth-order valence-corrected chi connectivity index (χ4v) is 3.83. The SMILES string of the molecule is Cc1cccc2nc(-c3cc4ccccc4s3)nc(Cl)c12. The number of hydrogen-bond donors (Lipinski definition) is 0. The molecule has 0 radical (unpaired) electrons. The molecule has 0 fully saturated rings. The summed E-state index contributed by atoms with van der Waals surface area (Å²) < 4.78 is 1.23. The molecule has 2 nitrogen and oxygen atoms in total. The van der Waals surface area contributed by atoms with Crippen molar-refractivity contribution in [3.05, 3.63) is 59.2 Å². The van der Waals surface area contributed by atoms with Gasteiger partial charge in [0.1, 0.15) is 5.15 Å². The van der Waals surface area contributed by atoms with Crippen molar-refractivity contribution in [2.24, 2.45) is 0 Å². The van der Waals surface area contributed by atoms with E-state index in [0.717, 1.165) is 21.3 Å². The number of nitrogens with zero attached hydrogens (tertiary/aromatic N) is 2. The van der Waals surface area contributed by atoms with E-state index in [1.807, 2.05) is 37.3 Å². The van der Waals surface area contributed by atoms with E-state index >= 15 is 0 Å². The Kier molecular flexibility index (Phi) is 2.91. The molecule has 0 aliphatic carbocycles. The smallest absolute Gasteiger partial charge is 0.171 e. The van der Waals surface area contributed by atoms with Gasteiger partial charge in [0.2, 0.25) is 0 Å². The zero-order chi connectivity index (χ0) is 14.4. The van der Waals surface area contributed by atoms with Gasteiger partial charge in [0, 0.05) is 10.1 Å². The molecule has 2 heterocycles. The van der Waals surface area contributed by atoms with E-state index < -0.39 is 0 Å². The standard InChI is InChI=1S/C17H11ClN2S/c1-10-5-4-7-12-15(10)16(18)20-17(19-12)14-9-11-6-2-3-8-13(11)21-14/h2-9H,1H3. The summed E-state index contributed by atoms with van der Waals surface area (Å²) in [5.74, 6) is 0.694. The van der Waals surface area contributed by atoms with Crippen molar-refractivity contribution in [1.29, 1.82) is 0 Å². The number of benzene rings is 2. The van der Waals surface area contributed by atoms with Crippen LogP contribution in [-0.4, -0.2) is 9.97 Å². The highest BCUT2D eigenvalue weighted by atomic mass is 35.5. The van der Waals surface area contributed by atoms with E-state index in [4.69, 9.17) is 11.6 Å². The van der Waals surface area contributed by atoms with Gasteiger partial charge in [0.05, 0.1) is 10.4 Å². The maximum absolute atomic E-state index is 6.37. The highest BCUT2D eigenvalue weighted by molar-refractivity contribution is 7.22. The van der Waals surface area contributed by atoms with Crippen LogP contribution in [0.25, 0.3) is 31.7 Å². The summed E-state index contributed by atoms with van der Waals surface area (Å²) in [6.45, 7) is 2.02. The topological polar surface area (TPSA) is 25.8 Å². The van der Waals surface area contributed by atoms with Crippen molar-refractivity contribution >= 4 is 43.9 Å². The molecule has 0 spiro atoms. The Morgan fingerprint density at radius 2 is 1.86 bits per heavy atom. The van der Waals surface area contributed by atoms with E-state index in [-0.39, 0.29) is 0 Å². The minimum Gasteiger partial charge on any atom is -0.227 e. The van der Waals surface area contributed by atoms with E-state index in [0.29, 0.717) is 11.0 Å². The van der Waals surface area contributed by atoms with Crippen molar-refractivity contribution in [3.8, 4) is 10.7 Å². The van der Waals surface area contributed by atoms with Gasteiger partial charge in [0.15, 0.2) is 5.82 Å². The zero-order valence-corrected chi connectivity index (χ0v) is 12.9. The third-order valence-corrected chi connectivity index (χ3v) is 4.92. The predicted molar refractivity (Wildman–Crippen MR) is 90.1 cm³/mol. The van der Waals surface area contributed by atoms with Gasteiger partial charge >= 0.3 is 0 Å². The summed E-state index contributed by atoms with van der Waals surface area (Å²) in [7, 11) is 0. The maximum atomic E-state index is 6.37. The van der Waals surface area contributed by atoms with Gasteiger partial charge in [-0.1, -0.05) is 41.9 Å². The van der Waals surface area contributed by atoms with Crippen LogP contribution in [0.5, 0.6) is 0 Å². The molecule has 0 atom stereocenters. The summed E-state index contributed by atoms with van der Waals surface area (Å²) in [4.78, 5) is 10.2. The van der Waals surface area contributed by atoms with Crippen LogP contribution < -0.4 is 0 Å². The lowest BCUT2D eigenvalue weighted by molar-refractivity contribution is 1.23. The number of halogens is 1. The molecule has 0 saturated carbocycles. The molecule has 2 aromatic carbocycles. The molecule has 0 amide bonds. The average Bonchev–Trinajstić information content (AvgIpc) is 2.91. The molecule has 4 rings (SSSR count). The molecular formula is C17H11ClN2S. The Bertz CT molecular complexity index is 942. The molecule has 102 valence electrons. The van der Waals surface area contributed by atoms with Crippen LogP contribution in [0.3, 0.4) is 0 Å². The van der Waals surface area contributed by atoms with Crippen LogP contribution in [0.4, 0.5) is 0 Å². The van der Waals surface area contributed by atoms with E-state index in [1.165, 1.54) is 10.1 Å². The molecule has 4 aromatic rings. The van der Waals surface area contributed by atoms with E-state index in [9.17, 15) is 0 Å². The molecular weight excluding hydrogens is 300 g/mol. The Balaban J connectivity index is 1.98. The second-order valence-corrected chi connectivity index (χ2v) is 6.40. The lowest BCUT2D eigenvalue weighted by Gasteiger charge is -2.05. The number of thiophene rings is 1. The Morgan fingerprint density at radius 3 is 2.71 bits per heavy atom.